The lowest BCUT2D eigenvalue weighted by molar-refractivity contribution is 0.0305. The predicted octanol–water partition coefficient (Wildman–Crippen LogP) is 3.61. The van der Waals surface area contributed by atoms with Crippen molar-refractivity contribution in [2.75, 3.05) is 31.2 Å². The third-order valence-corrected chi connectivity index (χ3v) is 7.89. The summed E-state index contributed by atoms with van der Waals surface area (Å²) in [5.74, 6) is 0.582. The number of nitrogens with zero attached hydrogens (tertiary/aromatic N) is 3. The van der Waals surface area contributed by atoms with Crippen molar-refractivity contribution in [1.29, 1.82) is 0 Å². The van der Waals surface area contributed by atoms with Crippen LogP contribution in [0.1, 0.15) is 50.5 Å². The molecule has 1 aliphatic carbocycles. The van der Waals surface area contributed by atoms with E-state index in [2.05, 4.69) is 32.3 Å². The summed E-state index contributed by atoms with van der Waals surface area (Å²) < 4.78 is 16.8. The van der Waals surface area contributed by atoms with Crippen molar-refractivity contribution in [2.24, 2.45) is 5.92 Å². The molecule has 3 saturated heterocycles. The second-order valence-corrected chi connectivity index (χ2v) is 10.3. The van der Waals surface area contributed by atoms with Gasteiger partial charge in [-0.15, -0.1) is 0 Å². The molecule has 4 fully saturated rings. The molecule has 2 aromatic rings. The number of ether oxygens (including phenoxy) is 3. The lowest BCUT2D eigenvalue weighted by atomic mass is 9.82. The monoisotopic (exact) mass is 466 g/mol. The van der Waals surface area contributed by atoms with Gasteiger partial charge in [0.15, 0.2) is 0 Å². The molecule has 6 rings (SSSR count). The minimum absolute atomic E-state index is 0.0975. The molecule has 3 atom stereocenters. The highest BCUT2D eigenvalue weighted by Gasteiger charge is 2.34. The first kappa shape index (κ1) is 22.0. The predicted molar refractivity (Wildman–Crippen MR) is 128 cm³/mol. The minimum atomic E-state index is -0.299. The molecule has 1 aromatic carbocycles. The number of nitrogens with one attached hydrogen (secondary N) is 1. The number of alkyl carbamates (subject to hydrolysis) is 1. The number of carbonyl (C=O) groups is 1. The standard InChI is InChI=1S/C26H34N4O4/c31-26(34-23-7-10-32-16-23)29-19-3-1-17(2-4-19)11-18-12-20(13-24-25(18)28-9-8-27-24)30-14-21-5-6-22(15-30)33-21/h8-9,12-13,17,19,21-23H,1-7,10-11,14-16H2,(H,29,31). The lowest BCUT2D eigenvalue weighted by Gasteiger charge is -2.34. The maximum Gasteiger partial charge on any atom is 0.407 e. The Morgan fingerprint density at radius 2 is 1.82 bits per heavy atom. The van der Waals surface area contributed by atoms with Crippen LogP contribution in [-0.4, -0.2) is 66.7 Å². The third-order valence-electron chi connectivity index (χ3n) is 7.89. The van der Waals surface area contributed by atoms with Crippen molar-refractivity contribution in [3.05, 3.63) is 30.1 Å². The van der Waals surface area contributed by atoms with Gasteiger partial charge < -0.3 is 24.4 Å². The number of rotatable bonds is 5. The molecule has 4 heterocycles. The van der Waals surface area contributed by atoms with Gasteiger partial charge in [0.1, 0.15) is 6.10 Å². The summed E-state index contributed by atoms with van der Waals surface area (Å²) in [4.78, 5) is 24.0. The van der Waals surface area contributed by atoms with E-state index in [1.165, 1.54) is 24.1 Å². The van der Waals surface area contributed by atoms with Crippen LogP contribution < -0.4 is 10.2 Å². The zero-order chi connectivity index (χ0) is 22.9. The number of amides is 1. The molecule has 0 spiro atoms. The van der Waals surface area contributed by atoms with Gasteiger partial charge in [0.05, 0.1) is 36.5 Å². The van der Waals surface area contributed by atoms with Crippen LogP contribution >= 0.6 is 0 Å². The maximum atomic E-state index is 12.2. The third kappa shape index (κ3) is 4.84. The topological polar surface area (TPSA) is 85.8 Å². The van der Waals surface area contributed by atoms with Gasteiger partial charge in [0.2, 0.25) is 0 Å². The Morgan fingerprint density at radius 3 is 2.59 bits per heavy atom. The average molecular weight is 467 g/mol. The SMILES string of the molecule is O=C(NC1CCC(Cc2cc(N3CC4CCC(C3)O4)cc3nccnc23)CC1)OC1CCOC1. The van der Waals surface area contributed by atoms with Crippen molar-refractivity contribution in [3.8, 4) is 0 Å². The van der Waals surface area contributed by atoms with Gasteiger partial charge in [0, 0.05) is 43.6 Å². The van der Waals surface area contributed by atoms with Crippen LogP contribution in [0.25, 0.3) is 11.0 Å². The number of morpholine rings is 1. The summed E-state index contributed by atoms with van der Waals surface area (Å²) in [6.07, 6.45) is 12.2. The van der Waals surface area contributed by atoms with Crippen LogP contribution in [0.3, 0.4) is 0 Å². The van der Waals surface area contributed by atoms with Gasteiger partial charge in [0.25, 0.3) is 0 Å². The average Bonchev–Trinajstić information content (AvgIpc) is 3.48. The molecular weight excluding hydrogens is 432 g/mol. The number of hydrogen-bond donors (Lipinski definition) is 1. The number of aromatic nitrogens is 2. The van der Waals surface area contributed by atoms with Crippen molar-refractivity contribution in [1.82, 2.24) is 15.3 Å². The molecule has 1 aromatic heterocycles. The summed E-state index contributed by atoms with van der Waals surface area (Å²) in [6.45, 7) is 3.11. The van der Waals surface area contributed by atoms with Crippen molar-refractivity contribution < 1.29 is 19.0 Å². The number of anilines is 1. The Morgan fingerprint density at radius 1 is 1.03 bits per heavy atom. The Kier molecular flexibility index (Phi) is 6.26. The summed E-state index contributed by atoms with van der Waals surface area (Å²) >= 11 is 0. The molecule has 4 aliphatic rings. The van der Waals surface area contributed by atoms with Gasteiger partial charge in [-0.05, 0) is 68.6 Å². The molecule has 34 heavy (non-hydrogen) atoms. The van der Waals surface area contributed by atoms with E-state index < -0.39 is 0 Å². The lowest BCUT2D eigenvalue weighted by Crippen LogP contribution is -2.42. The fraction of sp³-hybridized carbons (Fsp3) is 0.654. The van der Waals surface area contributed by atoms with E-state index in [0.29, 0.717) is 31.3 Å². The molecule has 8 heteroatoms. The van der Waals surface area contributed by atoms with Crippen LogP contribution in [0.4, 0.5) is 10.5 Å². The molecule has 0 radical (unpaired) electrons. The molecule has 182 valence electrons. The first-order chi connectivity index (χ1) is 16.7. The van der Waals surface area contributed by atoms with Gasteiger partial charge in [-0.1, -0.05) is 0 Å². The number of carbonyl (C=O) groups excluding carboxylic acids is 1. The van der Waals surface area contributed by atoms with Gasteiger partial charge >= 0.3 is 6.09 Å². The molecule has 1 saturated carbocycles. The molecular formula is C26H34N4O4. The first-order valence-electron chi connectivity index (χ1n) is 12.9. The Hall–Kier alpha value is -2.45. The van der Waals surface area contributed by atoms with E-state index in [9.17, 15) is 4.79 Å². The number of fused-ring (bicyclic) bond motifs is 3. The summed E-state index contributed by atoms with van der Waals surface area (Å²) in [6, 6.07) is 4.73. The molecule has 3 aliphatic heterocycles. The van der Waals surface area contributed by atoms with Crippen LogP contribution in [0, 0.1) is 5.92 Å². The van der Waals surface area contributed by atoms with Crippen LogP contribution in [0.15, 0.2) is 24.5 Å². The first-order valence-corrected chi connectivity index (χ1v) is 12.9. The fourth-order valence-corrected chi connectivity index (χ4v) is 6.07. The fourth-order valence-electron chi connectivity index (χ4n) is 6.07. The Balaban J connectivity index is 1.10. The normalized spacial score (nSPS) is 31.1. The molecule has 1 amide bonds. The highest BCUT2D eigenvalue weighted by molar-refractivity contribution is 5.82. The second kappa shape index (κ2) is 9.66. The van der Waals surface area contributed by atoms with E-state index in [0.717, 1.165) is 62.6 Å². The van der Waals surface area contributed by atoms with E-state index in [1.807, 2.05) is 0 Å². The van der Waals surface area contributed by atoms with Crippen LogP contribution in [-0.2, 0) is 20.6 Å². The van der Waals surface area contributed by atoms with Gasteiger partial charge in [-0.2, -0.15) is 0 Å². The number of benzene rings is 1. The van der Waals surface area contributed by atoms with Crippen molar-refractivity contribution in [2.45, 2.75) is 75.7 Å². The summed E-state index contributed by atoms with van der Waals surface area (Å²) in [5.41, 5.74) is 4.53. The zero-order valence-electron chi connectivity index (χ0n) is 19.7. The Labute approximate surface area is 200 Å². The summed E-state index contributed by atoms with van der Waals surface area (Å²) in [5, 5.41) is 3.07. The minimum Gasteiger partial charge on any atom is -0.444 e. The van der Waals surface area contributed by atoms with E-state index in [-0.39, 0.29) is 18.2 Å². The Bertz CT molecular complexity index is 1010. The smallest absolute Gasteiger partial charge is 0.407 e. The highest BCUT2D eigenvalue weighted by atomic mass is 16.6. The second-order valence-electron chi connectivity index (χ2n) is 10.3. The molecule has 8 nitrogen and oxygen atoms in total. The highest BCUT2D eigenvalue weighted by Crippen LogP contribution is 2.34. The van der Waals surface area contributed by atoms with Gasteiger partial charge in [-0.25, -0.2) is 4.79 Å². The van der Waals surface area contributed by atoms with E-state index >= 15 is 0 Å². The largest absolute Gasteiger partial charge is 0.444 e. The van der Waals surface area contributed by atoms with Crippen LogP contribution in [0.2, 0.25) is 0 Å². The molecule has 3 unspecified atom stereocenters. The molecule has 2 bridgehead atoms. The maximum absolute atomic E-state index is 12.2. The number of hydrogen-bond acceptors (Lipinski definition) is 7. The van der Waals surface area contributed by atoms with Crippen molar-refractivity contribution >= 4 is 22.8 Å². The zero-order valence-corrected chi connectivity index (χ0v) is 19.7. The molecule has 1 N–H and O–H groups in total. The van der Waals surface area contributed by atoms with Gasteiger partial charge in [-0.3, -0.25) is 9.97 Å². The quantitative estimate of drug-likeness (QED) is 0.720. The summed E-state index contributed by atoms with van der Waals surface area (Å²) in [7, 11) is 0. The van der Waals surface area contributed by atoms with Crippen LogP contribution in [0.5, 0.6) is 0 Å². The van der Waals surface area contributed by atoms with E-state index in [4.69, 9.17) is 14.2 Å². The van der Waals surface area contributed by atoms with E-state index in [1.54, 1.807) is 12.4 Å². The van der Waals surface area contributed by atoms with Crippen molar-refractivity contribution in [3.63, 3.8) is 0 Å².